The van der Waals surface area contributed by atoms with Crippen molar-refractivity contribution in [1.29, 1.82) is 0 Å². The Morgan fingerprint density at radius 1 is 1.06 bits per heavy atom. The minimum absolute atomic E-state index is 0.0196. The predicted molar refractivity (Wildman–Crippen MR) is 72.4 cm³/mol. The van der Waals surface area contributed by atoms with Crippen molar-refractivity contribution in [3.05, 3.63) is 0 Å². The van der Waals surface area contributed by atoms with Gasteiger partial charge in [0.25, 0.3) is 0 Å². The molecule has 2 fully saturated rings. The second-order valence-electron chi connectivity index (χ2n) is 5.94. The second-order valence-corrected chi connectivity index (χ2v) is 5.94. The van der Waals surface area contributed by atoms with Gasteiger partial charge in [-0.15, -0.1) is 0 Å². The van der Waals surface area contributed by atoms with Gasteiger partial charge >= 0.3 is 5.97 Å². The molecule has 1 unspecified atom stereocenters. The van der Waals surface area contributed by atoms with Crippen molar-refractivity contribution in [2.24, 2.45) is 11.8 Å². The SMILES string of the molecule is O=C(CCC1CCCNC1)OCC1CCCCC1. The zero-order chi connectivity index (χ0) is 12.6. The van der Waals surface area contributed by atoms with E-state index in [-0.39, 0.29) is 5.97 Å². The lowest BCUT2D eigenvalue weighted by atomic mass is 9.90. The summed E-state index contributed by atoms with van der Waals surface area (Å²) in [6.45, 7) is 2.89. The molecule has 3 heteroatoms. The van der Waals surface area contributed by atoms with Crippen molar-refractivity contribution < 1.29 is 9.53 Å². The number of ether oxygens (including phenoxy) is 1. The van der Waals surface area contributed by atoms with Crippen molar-refractivity contribution in [2.75, 3.05) is 19.7 Å². The number of hydrogen-bond acceptors (Lipinski definition) is 3. The lowest BCUT2D eigenvalue weighted by molar-refractivity contribution is -0.145. The summed E-state index contributed by atoms with van der Waals surface area (Å²) in [5, 5.41) is 3.39. The molecule has 0 spiro atoms. The molecule has 1 saturated heterocycles. The summed E-state index contributed by atoms with van der Waals surface area (Å²) in [6, 6.07) is 0. The number of esters is 1. The van der Waals surface area contributed by atoms with Crippen molar-refractivity contribution in [3.8, 4) is 0 Å². The van der Waals surface area contributed by atoms with Gasteiger partial charge in [-0.25, -0.2) is 0 Å². The van der Waals surface area contributed by atoms with Gasteiger partial charge in [0.1, 0.15) is 0 Å². The third-order valence-electron chi connectivity index (χ3n) is 4.36. The monoisotopic (exact) mass is 253 g/mol. The molecule has 0 aromatic carbocycles. The first kappa shape index (κ1) is 13.9. The van der Waals surface area contributed by atoms with Crippen molar-refractivity contribution >= 4 is 5.97 Å². The van der Waals surface area contributed by atoms with Gasteiger partial charge in [-0.3, -0.25) is 4.79 Å². The molecule has 0 radical (unpaired) electrons. The Labute approximate surface area is 111 Å². The zero-order valence-corrected chi connectivity index (χ0v) is 11.5. The maximum Gasteiger partial charge on any atom is 0.305 e. The molecular weight excluding hydrogens is 226 g/mol. The van der Waals surface area contributed by atoms with Crippen LogP contribution >= 0.6 is 0 Å². The third-order valence-corrected chi connectivity index (χ3v) is 4.36. The Morgan fingerprint density at radius 2 is 1.83 bits per heavy atom. The first-order valence-corrected chi connectivity index (χ1v) is 7.71. The first-order valence-electron chi connectivity index (χ1n) is 7.71. The molecule has 1 aliphatic carbocycles. The minimum atomic E-state index is 0.0196. The Bertz CT molecular complexity index is 219. The molecular formula is C15H27NO2. The molecule has 0 amide bonds. The number of hydrogen-bond donors (Lipinski definition) is 1. The quantitative estimate of drug-likeness (QED) is 0.766. The minimum Gasteiger partial charge on any atom is -0.465 e. The van der Waals surface area contributed by atoms with Crippen LogP contribution in [0.4, 0.5) is 0 Å². The fourth-order valence-corrected chi connectivity index (χ4v) is 3.13. The van der Waals surface area contributed by atoms with E-state index >= 15 is 0 Å². The van der Waals surface area contributed by atoms with E-state index in [1.54, 1.807) is 0 Å². The fraction of sp³-hybridized carbons (Fsp3) is 0.933. The van der Waals surface area contributed by atoms with Gasteiger partial charge in [-0.2, -0.15) is 0 Å². The van der Waals surface area contributed by atoms with E-state index in [0.29, 0.717) is 24.9 Å². The molecule has 104 valence electrons. The van der Waals surface area contributed by atoms with Gasteiger partial charge in [-0.05, 0) is 57.0 Å². The summed E-state index contributed by atoms with van der Waals surface area (Å²) in [4.78, 5) is 11.7. The molecule has 0 aromatic rings. The molecule has 3 nitrogen and oxygen atoms in total. The van der Waals surface area contributed by atoms with Gasteiger partial charge in [0, 0.05) is 6.42 Å². The standard InChI is InChI=1S/C15H27NO2/c17-15(9-8-13-7-4-10-16-11-13)18-12-14-5-2-1-3-6-14/h13-14,16H,1-12H2. The van der Waals surface area contributed by atoms with Crippen LogP contribution in [0, 0.1) is 11.8 Å². The molecule has 1 atom stereocenters. The van der Waals surface area contributed by atoms with Crippen molar-refractivity contribution in [1.82, 2.24) is 5.32 Å². The van der Waals surface area contributed by atoms with Crippen LogP contribution in [0.2, 0.25) is 0 Å². The molecule has 2 aliphatic rings. The van der Waals surface area contributed by atoms with Crippen molar-refractivity contribution in [2.45, 2.75) is 57.8 Å². The molecule has 1 heterocycles. The Hall–Kier alpha value is -0.570. The first-order chi connectivity index (χ1) is 8.84. The molecule has 1 N–H and O–H groups in total. The molecule has 1 aliphatic heterocycles. The highest BCUT2D eigenvalue weighted by Crippen LogP contribution is 2.24. The van der Waals surface area contributed by atoms with Crippen molar-refractivity contribution in [3.63, 3.8) is 0 Å². The highest BCUT2D eigenvalue weighted by molar-refractivity contribution is 5.69. The van der Waals surface area contributed by atoms with Crippen LogP contribution in [0.25, 0.3) is 0 Å². The van der Waals surface area contributed by atoms with Crippen LogP contribution in [0.3, 0.4) is 0 Å². The molecule has 0 aromatic heterocycles. The Morgan fingerprint density at radius 3 is 2.56 bits per heavy atom. The number of piperidine rings is 1. The highest BCUT2D eigenvalue weighted by atomic mass is 16.5. The molecule has 1 saturated carbocycles. The van der Waals surface area contributed by atoms with E-state index in [4.69, 9.17) is 4.74 Å². The van der Waals surface area contributed by atoms with Crippen LogP contribution in [-0.2, 0) is 9.53 Å². The van der Waals surface area contributed by atoms with E-state index in [9.17, 15) is 4.79 Å². The number of carbonyl (C=O) groups excluding carboxylic acids is 1. The topological polar surface area (TPSA) is 38.3 Å². The molecule has 2 rings (SSSR count). The summed E-state index contributed by atoms with van der Waals surface area (Å²) in [5.41, 5.74) is 0. The predicted octanol–water partition coefficient (Wildman–Crippen LogP) is 2.89. The highest BCUT2D eigenvalue weighted by Gasteiger charge is 2.17. The van der Waals surface area contributed by atoms with Gasteiger partial charge in [0.2, 0.25) is 0 Å². The van der Waals surface area contributed by atoms with Crippen LogP contribution in [0.1, 0.15) is 57.8 Å². The van der Waals surface area contributed by atoms with E-state index in [1.165, 1.54) is 44.9 Å². The van der Waals surface area contributed by atoms with Crippen LogP contribution in [-0.4, -0.2) is 25.7 Å². The maximum atomic E-state index is 11.7. The average molecular weight is 253 g/mol. The van der Waals surface area contributed by atoms with Crippen LogP contribution < -0.4 is 5.32 Å². The molecule has 0 bridgehead atoms. The van der Waals surface area contributed by atoms with Gasteiger partial charge in [-0.1, -0.05) is 19.3 Å². The fourth-order valence-electron chi connectivity index (χ4n) is 3.13. The van der Waals surface area contributed by atoms with Crippen LogP contribution in [0.5, 0.6) is 0 Å². The largest absolute Gasteiger partial charge is 0.465 e. The van der Waals surface area contributed by atoms with E-state index in [2.05, 4.69) is 5.32 Å². The third kappa shape index (κ3) is 4.97. The van der Waals surface area contributed by atoms with Gasteiger partial charge in [0.05, 0.1) is 6.61 Å². The van der Waals surface area contributed by atoms with Gasteiger partial charge in [0.15, 0.2) is 0 Å². The summed E-state index contributed by atoms with van der Waals surface area (Å²) in [7, 11) is 0. The molecule has 18 heavy (non-hydrogen) atoms. The number of nitrogens with one attached hydrogen (secondary N) is 1. The smallest absolute Gasteiger partial charge is 0.305 e. The second kappa shape index (κ2) is 7.78. The number of rotatable bonds is 5. The van der Waals surface area contributed by atoms with Crippen LogP contribution in [0.15, 0.2) is 0 Å². The van der Waals surface area contributed by atoms with E-state index in [0.717, 1.165) is 19.5 Å². The Balaban J connectivity index is 1.54. The lowest BCUT2D eigenvalue weighted by Crippen LogP contribution is -2.30. The Kier molecular flexibility index (Phi) is 5.98. The summed E-state index contributed by atoms with van der Waals surface area (Å²) in [5.74, 6) is 1.34. The average Bonchev–Trinajstić information content (AvgIpc) is 2.45. The normalized spacial score (nSPS) is 25.9. The lowest BCUT2D eigenvalue weighted by Gasteiger charge is -2.23. The van der Waals surface area contributed by atoms with E-state index < -0.39 is 0 Å². The van der Waals surface area contributed by atoms with E-state index in [1.807, 2.05) is 0 Å². The summed E-state index contributed by atoms with van der Waals surface area (Å²) >= 11 is 0. The maximum absolute atomic E-state index is 11.7. The van der Waals surface area contributed by atoms with Gasteiger partial charge < -0.3 is 10.1 Å². The number of carbonyl (C=O) groups is 1. The zero-order valence-electron chi connectivity index (χ0n) is 11.5. The summed E-state index contributed by atoms with van der Waals surface area (Å²) in [6.07, 6.45) is 10.6. The summed E-state index contributed by atoms with van der Waals surface area (Å²) < 4.78 is 5.41.